The second-order valence-corrected chi connectivity index (χ2v) is 5.57. The van der Waals surface area contributed by atoms with Crippen molar-refractivity contribution >= 4 is 17.7 Å². The summed E-state index contributed by atoms with van der Waals surface area (Å²) in [4.78, 5) is 24.6. The van der Waals surface area contributed by atoms with E-state index in [9.17, 15) is 9.59 Å². The van der Waals surface area contributed by atoms with Crippen LogP contribution in [0.5, 0.6) is 0 Å². The van der Waals surface area contributed by atoms with Gasteiger partial charge in [-0.25, -0.2) is 9.48 Å². The van der Waals surface area contributed by atoms with Crippen LogP contribution in [0.15, 0.2) is 54.6 Å². The van der Waals surface area contributed by atoms with Gasteiger partial charge in [0, 0.05) is 5.56 Å². The van der Waals surface area contributed by atoms with Crippen molar-refractivity contribution in [3.8, 4) is 6.07 Å². The Hall–Kier alpha value is -3.99. The molecular weight excluding hydrogens is 346 g/mol. The number of rotatable bonds is 5. The molecule has 0 fully saturated rings. The van der Waals surface area contributed by atoms with Crippen LogP contribution in [0.4, 0.5) is 5.82 Å². The van der Waals surface area contributed by atoms with E-state index >= 15 is 0 Å². The summed E-state index contributed by atoms with van der Waals surface area (Å²) >= 11 is 0. The van der Waals surface area contributed by atoms with Gasteiger partial charge in [-0.05, 0) is 23.8 Å². The minimum absolute atomic E-state index is 0.0989. The van der Waals surface area contributed by atoms with Crippen LogP contribution in [0.1, 0.15) is 32.0 Å². The molecule has 8 nitrogen and oxygen atoms in total. The molecule has 1 aromatic heterocycles. The number of hydrogen-bond acceptors (Lipinski definition) is 6. The normalized spacial score (nSPS) is 10.1. The fraction of sp³-hybridized carbons (Fsp3) is 0.105. The molecule has 3 rings (SSSR count). The molecule has 0 aliphatic heterocycles. The lowest BCUT2D eigenvalue weighted by atomic mass is 10.1. The molecule has 0 saturated heterocycles. The smallest absolute Gasteiger partial charge is 0.362 e. The fourth-order valence-corrected chi connectivity index (χ4v) is 2.45. The molecule has 1 N–H and O–H groups in total. The standard InChI is InChI=1S/C19H15N5O3/c1-27-19(26)16-17(21-18(25)15-9-5-8-14(10-15)11-20)24(23-22-16)12-13-6-3-2-4-7-13/h2-10H,12H2,1H3,(H,21,25). The van der Waals surface area contributed by atoms with Gasteiger partial charge in [-0.3, -0.25) is 4.79 Å². The Morgan fingerprint density at radius 1 is 1.19 bits per heavy atom. The Bertz CT molecular complexity index is 1020. The first-order chi connectivity index (χ1) is 13.1. The third kappa shape index (κ3) is 3.99. The van der Waals surface area contributed by atoms with Crippen molar-refractivity contribution in [2.45, 2.75) is 6.54 Å². The fourth-order valence-electron chi connectivity index (χ4n) is 2.45. The molecule has 3 aromatic rings. The van der Waals surface area contributed by atoms with Crippen molar-refractivity contribution in [2.24, 2.45) is 0 Å². The summed E-state index contributed by atoms with van der Waals surface area (Å²) in [6, 6.07) is 17.6. The van der Waals surface area contributed by atoms with Gasteiger partial charge >= 0.3 is 5.97 Å². The summed E-state index contributed by atoms with van der Waals surface area (Å²) in [5.41, 5.74) is 1.45. The van der Waals surface area contributed by atoms with E-state index in [4.69, 9.17) is 10.00 Å². The van der Waals surface area contributed by atoms with E-state index in [1.807, 2.05) is 36.4 Å². The second-order valence-electron chi connectivity index (χ2n) is 5.57. The molecule has 0 saturated carbocycles. The van der Waals surface area contributed by atoms with Crippen LogP contribution >= 0.6 is 0 Å². The minimum atomic E-state index is -0.713. The molecule has 134 valence electrons. The Kier molecular flexibility index (Phi) is 5.23. The van der Waals surface area contributed by atoms with E-state index < -0.39 is 11.9 Å². The van der Waals surface area contributed by atoms with E-state index in [0.29, 0.717) is 12.1 Å². The van der Waals surface area contributed by atoms with Gasteiger partial charge in [0.2, 0.25) is 5.69 Å². The number of benzene rings is 2. The molecule has 27 heavy (non-hydrogen) atoms. The number of ether oxygens (including phenoxy) is 1. The Morgan fingerprint density at radius 3 is 2.67 bits per heavy atom. The van der Waals surface area contributed by atoms with Gasteiger partial charge in [0.1, 0.15) is 0 Å². The van der Waals surface area contributed by atoms with Crippen molar-refractivity contribution in [2.75, 3.05) is 12.4 Å². The van der Waals surface area contributed by atoms with Crippen LogP contribution in [0.25, 0.3) is 0 Å². The summed E-state index contributed by atoms with van der Waals surface area (Å²) in [6.45, 7) is 0.304. The third-order valence-corrected chi connectivity index (χ3v) is 3.77. The van der Waals surface area contributed by atoms with Gasteiger partial charge in [-0.2, -0.15) is 5.26 Å². The van der Waals surface area contributed by atoms with Crippen molar-refractivity contribution < 1.29 is 14.3 Å². The molecule has 0 aliphatic carbocycles. The highest BCUT2D eigenvalue weighted by atomic mass is 16.5. The van der Waals surface area contributed by atoms with E-state index in [0.717, 1.165) is 5.56 Å². The number of amides is 1. The van der Waals surface area contributed by atoms with Gasteiger partial charge in [0.15, 0.2) is 5.82 Å². The number of anilines is 1. The SMILES string of the molecule is COC(=O)c1nnn(Cc2ccccc2)c1NC(=O)c1cccc(C#N)c1. The summed E-state index contributed by atoms with van der Waals surface area (Å²) in [7, 11) is 1.22. The Balaban J connectivity index is 1.94. The number of hydrogen-bond donors (Lipinski definition) is 1. The molecule has 1 heterocycles. The first-order valence-corrected chi connectivity index (χ1v) is 7.99. The first-order valence-electron chi connectivity index (χ1n) is 7.99. The summed E-state index contributed by atoms with van der Waals surface area (Å²) in [5.74, 6) is -1.08. The van der Waals surface area contributed by atoms with Crippen molar-refractivity contribution in [1.82, 2.24) is 15.0 Å². The molecule has 0 spiro atoms. The second kappa shape index (κ2) is 7.93. The molecular formula is C19H15N5O3. The molecule has 8 heteroatoms. The van der Waals surface area contributed by atoms with Crippen molar-refractivity contribution in [1.29, 1.82) is 5.26 Å². The zero-order valence-electron chi connectivity index (χ0n) is 14.4. The Morgan fingerprint density at radius 2 is 1.96 bits per heavy atom. The lowest BCUT2D eigenvalue weighted by Crippen LogP contribution is -2.18. The average Bonchev–Trinajstić information content (AvgIpc) is 3.10. The molecule has 0 unspecified atom stereocenters. The van der Waals surface area contributed by atoms with Gasteiger partial charge in [-0.1, -0.05) is 41.6 Å². The quantitative estimate of drug-likeness (QED) is 0.698. The van der Waals surface area contributed by atoms with Gasteiger partial charge in [-0.15, -0.1) is 5.10 Å². The number of nitrogens with zero attached hydrogens (tertiary/aromatic N) is 4. The summed E-state index contributed by atoms with van der Waals surface area (Å²) in [5, 5.41) is 19.4. The topological polar surface area (TPSA) is 110 Å². The number of carbonyl (C=O) groups excluding carboxylic acids is 2. The molecule has 2 aromatic carbocycles. The monoisotopic (exact) mass is 361 g/mol. The number of nitriles is 1. The molecule has 1 amide bonds. The minimum Gasteiger partial charge on any atom is -0.464 e. The van der Waals surface area contributed by atoms with Gasteiger partial charge in [0.05, 0.1) is 25.3 Å². The highest BCUT2D eigenvalue weighted by Gasteiger charge is 2.23. The van der Waals surface area contributed by atoms with E-state index in [2.05, 4.69) is 15.6 Å². The number of nitrogens with one attached hydrogen (secondary N) is 1. The van der Waals surface area contributed by atoms with Crippen LogP contribution in [0.2, 0.25) is 0 Å². The van der Waals surface area contributed by atoms with E-state index in [1.54, 1.807) is 18.2 Å². The molecule has 0 radical (unpaired) electrons. The number of carbonyl (C=O) groups is 2. The van der Waals surface area contributed by atoms with E-state index in [-0.39, 0.29) is 17.1 Å². The van der Waals surface area contributed by atoms with Crippen LogP contribution < -0.4 is 5.32 Å². The van der Waals surface area contributed by atoms with Crippen LogP contribution in [0, 0.1) is 11.3 Å². The summed E-state index contributed by atoms with van der Waals surface area (Å²) < 4.78 is 6.13. The van der Waals surface area contributed by atoms with Gasteiger partial charge < -0.3 is 10.1 Å². The number of esters is 1. The first kappa shape index (κ1) is 17.8. The summed E-state index contributed by atoms with van der Waals surface area (Å²) in [6.07, 6.45) is 0. The third-order valence-electron chi connectivity index (χ3n) is 3.77. The van der Waals surface area contributed by atoms with Crippen LogP contribution in [-0.4, -0.2) is 34.0 Å². The highest BCUT2D eigenvalue weighted by Crippen LogP contribution is 2.17. The zero-order chi connectivity index (χ0) is 19.2. The highest BCUT2D eigenvalue weighted by molar-refractivity contribution is 6.06. The van der Waals surface area contributed by atoms with Crippen LogP contribution in [0.3, 0.4) is 0 Å². The zero-order valence-corrected chi connectivity index (χ0v) is 14.4. The predicted molar refractivity (Wildman–Crippen MR) is 96.0 cm³/mol. The maximum atomic E-state index is 12.6. The Labute approximate surface area is 155 Å². The van der Waals surface area contributed by atoms with Crippen molar-refractivity contribution in [3.63, 3.8) is 0 Å². The average molecular weight is 361 g/mol. The lowest BCUT2D eigenvalue weighted by Gasteiger charge is -2.09. The maximum Gasteiger partial charge on any atom is 0.362 e. The predicted octanol–water partition coefficient (Wildman–Crippen LogP) is 2.24. The largest absolute Gasteiger partial charge is 0.464 e. The number of aromatic nitrogens is 3. The van der Waals surface area contributed by atoms with E-state index in [1.165, 1.54) is 17.9 Å². The number of methoxy groups -OCH3 is 1. The lowest BCUT2D eigenvalue weighted by molar-refractivity contribution is 0.0595. The van der Waals surface area contributed by atoms with Crippen molar-refractivity contribution in [3.05, 3.63) is 77.0 Å². The van der Waals surface area contributed by atoms with Gasteiger partial charge in [0.25, 0.3) is 5.91 Å². The molecule has 0 bridgehead atoms. The maximum absolute atomic E-state index is 12.6. The van der Waals surface area contributed by atoms with Crippen LogP contribution in [-0.2, 0) is 11.3 Å². The molecule has 0 atom stereocenters. The molecule has 0 aliphatic rings.